The Morgan fingerprint density at radius 3 is 2.60 bits per heavy atom. The predicted octanol–water partition coefficient (Wildman–Crippen LogP) is 4.79. The summed E-state index contributed by atoms with van der Waals surface area (Å²) in [6.45, 7) is 2.21. The van der Waals surface area contributed by atoms with E-state index in [4.69, 9.17) is 4.74 Å². The van der Waals surface area contributed by atoms with Gasteiger partial charge in [-0.1, -0.05) is 43.7 Å². The summed E-state index contributed by atoms with van der Waals surface area (Å²) in [5.41, 5.74) is 3.35. The van der Waals surface area contributed by atoms with Gasteiger partial charge in [-0.15, -0.1) is 0 Å². The molecule has 0 aromatic heterocycles. The molecule has 2 aromatic carbocycles. The molecular formula is C18H21NO. The number of benzene rings is 2. The number of aliphatic imine (C=N–C) groups is 1. The van der Waals surface area contributed by atoms with Crippen LogP contribution in [0.1, 0.15) is 30.9 Å². The van der Waals surface area contributed by atoms with Gasteiger partial charge in [-0.3, -0.25) is 4.99 Å². The molecule has 0 amide bonds. The van der Waals surface area contributed by atoms with Crippen LogP contribution in [0.15, 0.2) is 53.5 Å². The molecule has 2 heteroatoms. The number of para-hydroxylation sites is 2. The minimum atomic E-state index is 0.849. The van der Waals surface area contributed by atoms with Crippen LogP contribution in [-0.2, 0) is 6.42 Å². The van der Waals surface area contributed by atoms with Crippen molar-refractivity contribution in [2.45, 2.75) is 26.2 Å². The Hall–Kier alpha value is -2.09. The minimum Gasteiger partial charge on any atom is -0.496 e. The summed E-state index contributed by atoms with van der Waals surface area (Å²) in [7, 11) is 1.68. The maximum absolute atomic E-state index is 5.34. The Labute approximate surface area is 121 Å². The highest BCUT2D eigenvalue weighted by Crippen LogP contribution is 2.22. The van der Waals surface area contributed by atoms with Gasteiger partial charge < -0.3 is 4.74 Å². The molecule has 0 aliphatic carbocycles. The fourth-order valence-corrected chi connectivity index (χ4v) is 2.13. The van der Waals surface area contributed by atoms with Crippen molar-refractivity contribution in [3.8, 4) is 5.75 Å². The van der Waals surface area contributed by atoms with E-state index in [0.29, 0.717) is 0 Å². The molecule has 0 saturated carbocycles. The van der Waals surface area contributed by atoms with E-state index in [2.05, 4.69) is 30.1 Å². The number of aryl methyl sites for hydroxylation is 1. The normalized spacial score (nSPS) is 10.9. The van der Waals surface area contributed by atoms with E-state index < -0.39 is 0 Å². The SMILES string of the molecule is CCCCc1ccccc1/N=C/c1ccccc1OC. The van der Waals surface area contributed by atoms with Crippen molar-refractivity contribution in [1.82, 2.24) is 0 Å². The Morgan fingerprint density at radius 1 is 1.05 bits per heavy atom. The van der Waals surface area contributed by atoms with E-state index in [1.165, 1.54) is 18.4 Å². The first-order valence-electron chi connectivity index (χ1n) is 7.10. The molecule has 104 valence electrons. The van der Waals surface area contributed by atoms with E-state index in [1.807, 2.05) is 36.5 Å². The molecule has 0 aliphatic rings. The molecule has 0 heterocycles. The second-order valence-corrected chi connectivity index (χ2v) is 4.73. The van der Waals surface area contributed by atoms with Gasteiger partial charge in [0.2, 0.25) is 0 Å². The van der Waals surface area contributed by atoms with Gasteiger partial charge >= 0.3 is 0 Å². The van der Waals surface area contributed by atoms with Gasteiger partial charge in [0.1, 0.15) is 5.75 Å². The van der Waals surface area contributed by atoms with Crippen LogP contribution in [0.3, 0.4) is 0 Å². The van der Waals surface area contributed by atoms with Crippen LogP contribution < -0.4 is 4.74 Å². The largest absolute Gasteiger partial charge is 0.496 e. The molecule has 0 atom stereocenters. The Balaban J connectivity index is 2.22. The van der Waals surface area contributed by atoms with Crippen LogP contribution in [0.25, 0.3) is 0 Å². The Bertz CT molecular complexity index is 575. The lowest BCUT2D eigenvalue weighted by molar-refractivity contribution is 0.414. The number of hydrogen-bond donors (Lipinski definition) is 0. The lowest BCUT2D eigenvalue weighted by atomic mass is 10.1. The molecule has 0 N–H and O–H groups in total. The average Bonchev–Trinajstić information content (AvgIpc) is 2.52. The number of methoxy groups -OCH3 is 1. The first-order chi connectivity index (χ1) is 9.85. The van der Waals surface area contributed by atoms with Crippen molar-refractivity contribution in [2.75, 3.05) is 7.11 Å². The Kier molecular flexibility index (Phi) is 5.36. The van der Waals surface area contributed by atoms with Gasteiger partial charge in [-0.25, -0.2) is 0 Å². The highest BCUT2D eigenvalue weighted by atomic mass is 16.5. The molecule has 0 spiro atoms. The molecule has 0 bridgehead atoms. The molecule has 0 fully saturated rings. The van der Waals surface area contributed by atoms with Gasteiger partial charge in [0, 0.05) is 11.8 Å². The summed E-state index contributed by atoms with van der Waals surface area (Å²) < 4.78 is 5.34. The highest BCUT2D eigenvalue weighted by Gasteiger charge is 2.01. The van der Waals surface area contributed by atoms with Crippen LogP contribution >= 0.6 is 0 Å². The predicted molar refractivity (Wildman–Crippen MR) is 85.3 cm³/mol. The smallest absolute Gasteiger partial charge is 0.127 e. The van der Waals surface area contributed by atoms with E-state index >= 15 is 0 Å². The summed E-state index contributed by atoms with van der Waals surface area (Å²) in [4.78, 5) is 4.63. The van der Waals surface area contributed by atoms with E-state index in [1.54, 1.807) is 7.11 Å². The van der Waals surface area contributed by atoms with Crippen LogP contribution in [0, 0.1) is 0 Å². The van der Waals surface area contributed by atoms with Crippen LogP contribution in [0.2, 0.25) is 0 Å². The van der Waals surface area contributed by atoms with E-state index in [0.717, 1.165) is 23.4 Å². The second-order valence-electron chi connectivity index (χ2n) is 4.73. The van der Waals surface area contributed by atoms with Gasteiger partial charge in [0.05, 0.1) is 12.8 Å². The number of ether oxygens (including phenoxy) is 1. The van der Waals surface area contributed by atoms with Crippen molar-refractivity contribution >= 4 is 11.9 Å². The van der Waals surface area contributed by atoms with Gasteiger partial charge in [0.15, 0.2) is 0 Å². The first kappa shape index (κ1) is 14.3. The number of nitrogens with zero attached hydrogens (tertiary/aromatic N) is 1. The molecule has 0 aliphatic heterocycles. The quantitative estimate of drug-likeness (QED) is 0.690. The molecule has 0 unspecified atom stereocenters. The van der Waals surface area contributed by atoms with Gasteiger partial charge in [-0.05, 0) is 36.6 Å². The van der Waals surface area contributed by atoms with Gasteiger partial charge in [0.25, 0.3) is 0 Å². The standard InChI is InChI=1S/C18H21NO/c1-3-4-9-15-10-5-7-12-17(15)19-14-16-11-6-8-13-18(16)20-2/h5-8,10-14H,3-4,9H2,1-2H3/b19-14+. The Morgan fingerprint density at radius 2 is 1.80 bits per heavy atom. The topological polar surface area (TPSA) is 21.6 Å². The maximum Gasteiger partial charge on any atom is 0.127 e. The molecule has 2 rings (SSSR count). The molecule has 2 aromatic rings. The highest BCUT2D eigenvalue weighted by molar-refractivity contribution is 5.85. The lowest BCUT2D eigenvalue weighted by Gasteiger charge is -2.05. The summed E-state index contributed by atoms with van der Waals surface area (Å²) in [5, 5.41) is 0. The summed E-state index contributed by atoms with van der Waals surface area (Å²) in [5.74, 6) is 0.849. The first-order valence-corrected chi connectivity index (χ1v) is 7.10. The fourth-order valence-electron chi connectivity index (χ4n) is 2.13. The molecule has 20 heavy (non-hydrogen) atoms. The lowest BCUT2D eigenvalue weighted by Crippen LogP contribution is -1.90. The van der Waals surface area contributed by atoms with Crippen LogP contribution in [-0.4, -0.2) is 13.3 Å². The van der Waals surface area contributed by atoms with Crippen molar-refractivity contribution in [1.29, 1.82) is 0 Å². The zero-order valence-corrected chi connectivity index (χ0v) is 12.2. The van der Waals surface area contributed by atoms with Crippen molar-refractivity contribution in [2.24, 2.45) is 4.99 Å². The average molecular weight is 267 g/mol. The van der Waals surface area contributed by atoms with E-state index in [9.17, 15) is 0 Å². The zero-order chi connectivity index (χ0) is 14.2. The molecule has 0 saturated heterocycles. The van der Waals surface area contributed by atoms with Crippen molar-refractivity contribution < 1.29 is 4.74 Å². The minimum absolute atomic E-state index is 0.849. The van der Waals surface area contributed by atoms with Gasteiger partial charge in [-0.2, -0.15) is 0 Å². The maximum atomic E-state index is 5.34. The van der Waals surface area contributed by atoms with Crippen molar-refractivity contribution in [3.05, 3.63) is 59.7 Å². The summed E-state index contributed by atoms with van der Waals surface area (Å²) >= 11 is 0. The molecular weight excluding hydrogens is 246 g/mol. The molecule has 2 nitrogen and oxygen atoms in total. The summed E-state index contributed by atoms with van der Waals surface area (Å²) in [6, 6.07) is 16.2. The number of hydrogen-bond acceptors (Lipinski definition) is 2. The van der Waals surface area contributed by atoms with Crippen LogP contribution in [0.5, 0.6) is 5.75 Å². The third-order valence-corrected chi connectivity index (χ3v) is 3.27. The number of rotatable bonds is 6. The second kappa shape index (κ2) is 7.49. The summed E-state index contributed by atoms with van der Waals surface area (Å²) in [6.07, 6.45) is 5.35. The van der Waals surface area contributed by atoms with Crippen LogP contribution in [0.4, 0.5) is 5.69 Å². The zero-order valence-electron chi connectivity index (χ0n) is 12.2. The number of unbranched alkanes of at least 4 members (excludes halogenated alkanes) is 1. The van der Waals surface area contributed by atoms with Crippen molar-refractivity contribution in [3.63, 3.8) is 0 Å². The monoisotopic (exact) mass is 267 g/mol. The molecule has 0 radical (unpaired) electrons. The third-order valence-electron chi connectivity index (χ3n) is 3.27. The van der Waals surface area contributed by atoms with E-state index in [-0.39, 0.29) is 0 Å². The third kappa shape index (κ3) is 3.70. The fraction of sp³-hybridized carbons (Fsp3) is 0.278.